The highest BCUT2D eigenvalue weighted by atomic mass is 33.6. The number of ether oxygens (including phenoxy) is 2. The number of benzene rings is 2. The average Bonchev–Trinajstić information content (AvgIpc) is 3.51. The minimum absolute atomic E-state index is 0.442. The molecule has 2 aromatic rings. The van der Waals surface area contributed by atoms with Crippen LogP contribution < -0.4 is 0 Å². The van der Waals surface area contributed by atoms with Crippen molar-refractivity contribution in [2.75, 3.05) is 24.7 Å². The topological polar surface area (TPSA) is 25.1 Å². The Bertz CT molecular complexity index is 570. The quantitative estimate of drug-likeness (QED) is 0.486. The summed E-state index contributed by atoms with van der Waals surface area (Å²) in [6, 6.07) is 21.9. The van der Waals surface area contributed by atoms with E-state index in [-0.39, 0.29) is 0 Å². The second-order valence-corrected chi connectivity index (χ2v) is 13.7. The predicted molar refractivity (Wildman–Crippen MR) is 101 cm³/mol. The van der Waals surface area contributed by atoms with Crippen molar-refractivity contribution in [3.63, 3.8) is 0 Å². The maximum Gasteiger partial charge on any atom is 0.0908 e. The zero-order chi connectivity index (χ0) is 15.5. The molecule has 2 fully saturated rings. The molecule has 23 heavy (non-hydrogen) atoms. The van der Waals surface area contributed by atoms with E-state index >= 15 is 0 Å². The first-order chi connectivity index (χ1) is 11.4. The van der Waals surface area contributed by atoms with E-state index < -0.39 is 8.09 Å². The molecule has 2 unspecified atom stereocenters. The molecule has 2 aromatic carbocycles. The van der Waals surface area contributed by atoms with E-state index in [0.717, 1.165) is 24.7 Å². The smallest absolute Gasteiger partial charge is 0.0908 e. The standard InChI is InChI=1S/C18H20O2S3/c1-3-7-17(8-4-1)23(21-13-15-11-19-15,22-14-16-12-20-16)18-9-5-2-6-10-18/h1-10,15-16H,11-14H2. The second-order valence-electron chi connectivity index (χ2n) is 5.61. The van der Waals surface area contributed by atoms with Crippen LogP contribution in [0.2, 0.25) is 0 Å². The molecule has 2 heterocycles. The van der Waals surface area contributed by atoms with Gasteiger partial charge >= 0.3 is 0 Å². The van der Waals surface area contributed by atoms with Gasteiger partial charge in [0.1, 0.15) is 0 Å². The lowest BCUT2D eigenvalue weighted by Gasteiger charge is -2.39. The molecular weight excluding hydrogens is 344 g/mol. The lowest BCUT2D eigenvalue weighted by atomic mass is 10.4. The summed E-state index contributed by atoms with van der Waals surface area (Å²) in [5.74, 6) is 2.13. The molecule has 2 aliphatic heterocycles. The van der Waals surface area contributed by atoms with Crippen molar-refractivity contribution in [1.29, 1.82) is 0 Å². The Morgan fingerprint density at radius 2 is 1.13 bits per heavy atom. The summed E-state index contributed by atoms with van der Waals surface area (Å²) in [6.45, 7) is 1.84. The zero-order valence-electron chi connectivity index (χ0n) is 12.8. The monoisotopic (exact) mass is 364 g/mol. The van der Waals surface area contributed by atoms with E-state index in [1.807, 2.05) is 0 Å². The van der Waals surface area contributed by atoms with Crippen molar-refractivity contribution in [1.82, 2.24) is 0 Å². The van der Waals surface area contributed by atoms with Crippen LogP contribution in [0, 0.1) is 0 Å². The van der Waals surface area contributed by atoms with Gasteiger partial charge in [-0.3, -0.25) is 0 Å². The van der Waals surface area contributed by atoms with E-state index in [9.17, 15) is 0 Å². The molecule has 2 nitrogen and oxygen atoms in total. The number of hydrogen-bond acceptors (Lipinski definition) is 4. The number of rotatable bonds is 8. The summed E-state index contributed by atoms with van der Waals surface area (Å²) < 4.78 is 10.9. The summed E-state index contributed by atoms with van der Waals surface area (Å²) in [6.07, 6.45) is 0.883. The molecule has 2 atom stereocenters. The Balaban J connectivity index is 1.70. The first kappa shape index (κ1) is 15.9. The number of epoxide rings is 2. The molecule has 2 aliphatic rings. The largest absolute Gasteiger partial charge is 0.372 e. The van der Waals surface area contributed by atoms with Crippen LogP contribution in [0.25, 0.3) is 0 Å². The third kappa shape index (κ3) is 3.91. The molecule has 0 radical (unpaired) electrons. The van der Waals surface area contributed by atoms with Crippen molar-refractivity contribution < 1.29 is 9.47 Å². The van der Waals surface area contributed by atoms with Crippen LogP contribution in [0.15, 0.2) is 70.5 Å². The fraction of sp³-hybridized carbons (Fsp3) is 0.333. The lowest BCUT2D eigenvalue weighted by Crippen LogP contribution is -2.01. The lowest BCUT2D eigenvalue weighted by molar-refractivity contribution is 0.426. The van der Waals surface area contributed by atoms with Crippen LogP contribution in [0.3, 0.4) is 0 Å². The molecule has 2 saturated heterocycles. The van der Waals surface area contributed by atoms with Gasteiger partial charge in [-0.15, -0.1) is 0 Å². The fourth-order valence-corrected chi connectivity index (χ4v) is 12.1. The summed E-state index contributed by atoms with van der Waals surface area (Å²) in [5, 5.41) is 0. The maximum absolute atomic E-state index is 5.47. The van der Waals surface area contributed by atoms with Crippen LogP contribution in [-0.2, 0) is 9.47 Å². The fourth-order valence-electron chi connectivity index (χ4n) is 2.31. The van der Waals surface area contributed by atoms with Gasteiger partial charge in [-0.2, -0.15) is 0 Å². The third-order valence-corrected chi connectivity index (χ3v) is 14.1. The first-order valence-electron chi connectivity index (χ1n) is 7.82. The van der Waals surface area contributed by atoms with E-state index in [1.165, 1.54) is 9.79 Å². The molecule has 4 rings (SSSR count). The number of hydrogen-bond donors (Lipinski definition) is 0. The minimum Gasteiger partial charge on any atom is -0.372 e. The summed E-state index contributed by atoms with van der Waals surface area (Å²) in [7, 11) is 2.97. The van der Waals surface area contributed by atoms with Crippen molar-refractivity contribution in [3.05, 3.63) is 60.7 Å². The van der Waals surface area contributed by atoms with Gasteiger partial charge in [-0.05, 0) is 24.3 Å². The average molecular weight is 365 g/mol. The Morgan fingerprint density at radius 1 is 0.739 bits per heavy atom. The van der Waals surface area contributed by atoms with Crippen molar-refractivity contribution in [2.45, 2.75) is 22.0 Å². The highest BCUT2D eigenvalue weighted by molar-refractivity contribution is 9.25. The Morgan fingerprint density at radius 3 is 1.48 bits per heavy atom. The minimum atomic E-state index is -1.19. The normalized spacial score (nSPS) is 23.5. The van der Waals surface area contributed by atoms with Crippen molar-refractivity contribution >= 4 is 29.7 Å². The van der Waals surface area contributed by atoms with Gasteiger partial charge in [0.15, 0.2) is 0 Å². The van der Waals surface area contributed by atoms with E-state index in [0.29, 0.717) is 12.2 Å². The van der Waals surface area contributed by atoms with E-state index in [1.54, 1.807) is 0 Å². The Labute approximate surface area is 146 Å². The van der Waals surface area contributed by atoms with Crippen LogP contribution in [0.1, 0.15) is 0 Å². The van der Waals surface area contributed by atoms with Gasteiger partial charge in [0.2, 0.25) is 0 Å². The van der Waals surface area contributed by atoms with Gasteiger partial charge in [0, 0.05) is 21.3 Å². The van der Waals surface area contributed by atoms with Gasteiger partial charge in [-0.25, -0.2) is 0 Å². The van der Waals surface area contributed by atoms with Gasteiger partial charge in [-0.1, -0.05) is 66.1 Å². The first-order valence-corrected chi connectivity index (χ1v) is 12.5. The van der Waals surface area contributed by atoms with E-state index in [2.05, 4.69) is 82.3 Å². The van der Waals surface area contributed by atoms with Crippen LogP contribution >= 0.6 is 29.7 Å². The van der Waals surface area contributed by atoms with Crippen molar-refractivity contribution in [3.8, 4) is 0 Å². The Kier molecular flexibility index (Phi) is 4.92. The highest BCUT2D eigenvalue weighted by Gasteiger charge is 2.36. The zero-order valence-corrected chi connectivity index (χ0v) is 15.2. The van der Waals surface area contributed by atoms with Crippen LogP contribution in [0.4, 0.5) is 0 Å². The molecule has 0 spiro atoms. The molecule has 0 aliphatic carbocycles. The molecule has 0 amide bonds. The molecule has 0 bridgehead atoms. The molecule has 0 saturated carbocycles. The molecule has 5 heteroatoms. The maximum atomic E-state index is 5.47. The molecule has 0 N–H and O–H groups in total. The summed E-state index contributed by atoms with van der Waals surface area (Å²) in [5.41, 5.74) is 0. The third-order valence-electron chi connectivity index (χ3n) is 3.75. The SMILES string of the molecule is c1ccc(S(SCC2CO2)(SCC2CO2)c2ccccc2)cc1. The van der Waals surface area contributed by atoms with Gasteiger partial charge < -0.3 is 9.47 Å². The highest BCUT2D eigenvalue weighted by Crippen LogP contribution is 2.80. The predicted octanol–water partition coefficient (Wildman–Crippen LogP) is 5.00. The van der Waals surface area contributed by atoms with Crippen LogP contribution in [0.5, 0.6) is 0 Å². The van der Waals surface area contributed by atoms with E-state index in [4.69, 9.17) is 9.47 Å². The van der Waals surface area contributed by atoms with Gasteiger partial charge in [0.05, 0.1) is 25.4 Å². The molecular formula is C18H20O2S3. The molecule has 122 valence electrons. The summed E-state index contributed by atoms with van der Waals surface area (Å²) >= 11 is 0. The Hall–Kier alpha value is -0.590. The second kappa shape index (κ2) is 7.11. The molecule has 0 aromatic heterocycles. The van der Waals surface area contributed by atoms with Crippen molar-refractivity contribution in [2.24, 2.45) is 0 Å². The summed E-state index contributed by atoms with van der Waals surface area (Å²) in [4.78, 5) is 2.87. The van der Waals surface area contributed by atoms with Gasteiger partial charge in [0.25, 0.3) is 0 Å². The van der Waals surface area contributed by atoms with Crippen LogP contribution in [-0.4, -0.2) is 36.9 Å².